The Morgan fingerprint density at radius 1 is 1.58 bits per heavy atom. The molecule has 0 bridgehead atoms. The van der Waals surface area contributed by atoms with Gasteiger partial charge in [-0.2, -0.15) is 0 Å². The fraction of sp³-hybridized carbons (Fsp3) is 0.286. The third-order valence-electron chi connectivity index (χ3n) is 1.48. The summed E-state index contributed by atoms with van der Waals surface area (Å²) in [6, 6.07) is 0. The van der Waals surface area contributed by atoms with Crippen LogP contribution in [0.4, 0.5) is 8.78 Å². The van der Waals surface area contributed by atoms with Gasteiger partial charge in [0, 0.05) is 15.3 Å². The predicted molar refractivity (Wildman–Crippen MR) is 54.3 cm³/mol. The van der Waals surface area contributed by atoms with Gasteiger partial charge in [0.25, 0.3) is 6.43 Å². The van der Waals surface area contributed by atoms with E-state index in [1.54, 1.807) is 6.92 Å². The lowest BCUT2D eigenvalue weighted by Gasteiger charge is -2.07. The van der Waals surface area contributed by atoms with E-state index >= 15 is 0 Å². The second kappa shape index (κ2) is 3.95. The quantitative estimate of drug-likeness (QED) is 0.557. The van der Waals surface area contributed by atoms with Crippen molar-refractivity contribution in [1.82, 2.24) is 4.98 Å². The second-order valence-electron chi connectivity index (χ2n) is 2.24. The van der Waals surface area contributed by atoms with E-state index in [1.807, 2.05) is 22.6 Å². The highest BCUT2D eigenvalue weighted by Gasteiger charge is 2.16. The number of alkyl halides is 2. The zero-order chi connectivity index (χ0) is 9.30. The Morgan fingerprint density at radius 3 is 2.58 bits per heavy atom. The van der Waals surface area contributed by atoms with E-state index in [0.717, 1.165) is 0 Å². The van der Waals surface area contributed by atoms with Crippen LogP contribution in [-0.2, 0) is 0 Å². The van der Waals surface area contributed by atoms with Crippen molar-refractivity contribution in [3.05, 3.63) is 25.5 Å². The van der Waals surface area contributed by atoms with Crippen molar-refractivity contribution in [1.29, 1.82) is 0 Å². The van der Waals surface area contributed by atoms with Crippen LogP contribution in [0.5, 0.6) is 0 Å². The van der Waals surface area contributed by atoms with Gasteiger partial charge in [-0.1, -0.05) is 0 Å². The summed E-state index contributed by atoms with van der Waals surface area (Å²) in [5.74, 6) is 0. The van der Waals surface area contributed by atoms with Gasteiger partial charge in [0.05, 0.1) is 0 Å². The number of hydrogen-bond donors (Lipinski definition) is 0. The molecule has 0 unspecified atom stereocenters. The summed E-state index contributed by atoms with van der Waals surface area (Å²) in [5.41, 5.74) is 0.578. The number of aromatic nitrogens is 1. The van der Waals surface area contributed by atoms with E-state index in [2.05, 4.69) is 20.9 Å². The fourth-order valence-electron chi connectivity index (χ4n) is 0.838. The smallest absolute Gasteiger partial charge is 0.248 e. The van der Waals surface area contributed by atoms with Crippen LogP contribution in [0.3, 0.4) is 0 Å². The molecule has 1 aromatic rings. The summed E-state index contributed by atoms with van der Waals surface area (Å²) < 4.78 is 25.8. The van der Waals surface area contributed by atoms with Gasteiger partial charge < -0.3 is 0 Å². The van der Waals surface area contributed by atoms with Gasteiger partial charge in [0.1, 0.15) is 4.60 Å². The van der Waals surface area contributed by atoms with E-state index in [0.29, 0.717) is 13.7 Å². The highest BCUT2D eigenvalue weighted by atomic mass is 127. The van der Waals surface area contributed by atoms with Gasteiger partial charge in [-0.05, 0) is 51.0 Å². The molecule has 0 fully saturated rings. The van der Waals surface area contributed by atoms with Crippen LogP contribution >= 0.6 is 38.5 Å². The number of pyridine rings is 1. The summed E-state index contributed by atoms with van der Waals surface area (Å²) in [4.78, 5) is 3.90. The topological polar surface area (TPSA) is 12.9 Å². The average Bonchev–Trinajstić information content (AvgIpc) is 1.97. The maximum absolute atomic E-state index is 12.4. The molecule has 0 amide bonds. The maximum atomic E-state index is 12.4. The molecule has 1 rings (SSSR count). The monoisotopic (exact) mass is 347 g/mol. The minimum absolute atomic E-state index is 0.0671. The third kappa shape index (κ3) is 1.93. The number of rotatable bonds is 1. The second-order valence-corrected chi connectivity index (χ2v) is 4.15. The molecule has 0 aliphatic rings. The first-order chi connectivity index (χ1) is 5.54. The normalized spacial score (nSPS) is 10.8. The Labute approximate surface area is 90.8 Å². The third-order valence-corrected chi connectivity index (χ3v) is 3.14. The first-order valence-corrected chi connectivity index (χ1v) is 5.00. The summed E-state index contributed by atoms with van der Waals surface area (Å²) in [7, 11) is 0. The lowest BCUT2D eigenvalue weighted by molar-refractivity contribution is 0.149. The summed E-state index contributed by atoms with van der Waals surface area (Å²) in [6.45, 7) is 1.63. The van der Waals surface area contributed by atoms with E-state index < -0.39 is 6.43 Å². The highest BCUT2D eigenvalue weighted by Crippen LogP contribution is 2.30. The van der Waals surface area contributed by atoms with Crippen molar-refractivity contribution >= 4 is 38.5 Å². The standard InChI is InChI=1S/C7H5BrF2IN/c1-3-5(7(9)10)4(11)2-12-6(3)8/h2,7H,1H3. The van der Waals surface area contributed by atoms with Crippen LogP contribution in [-0.4, -0.2) is 4.98 Å². The molecule has 1 heterocycles. The molecule has 0 N–H and O–H groups in total. The lowest BCUT2D eigenvalue weighted by Crippen LogP contribution is -1.96. The minimum Gasteiger partial charge on any atom is -0.248 e. The van der Waals surface area contributed by atoms with Gasteiger partial charge in [-0.15, -0.1) is 0 Å². The van der Waals surface area contributed by atoms with Crippen LogP contribution in [0.2, 0.25) is 0 Å². The summed E-state index contributed by atoms with van der Waals surface area (Å²) in [6.07, 6.45) is -1.00. The molecular weight excluding hydrogens is 343 g/mol. The molecule has 1 nitrogen and oxygen atoms in total. The van der Waals surface area contributed by atoms with Crippen LogP contribution < -0.4 is 0 Å². The minimum atomic E-state index is -2.43. The van der Waals surface area contributed by atoms with Crippen LogP contribution in [0.25, 0.3) is 0 Å². The molecule has 0 radical (unpaired) electrons. The molecule has 0 aliphatic heterocycles. The van der Waals surface area contributed by atoms with Gasteiger partial charge in [0.2, 0.25) is 0 Å². The van der Waals surface area contributed by atoms with E-state index in [-0.39, 0.29) is 5.56 Å². The Balaban J connectivity index is 3.33. The van der Waals surface area contributed by atoms with Crippen molar-refractivity contribution in [2.24, 2.45) is 0 Å². The van der Waals surface area contributed by atoms with Crippen LogP contribution in [0, 0.1) is 10.5 Å². The summed E-state index contributed by atoms with van der Waals surface area (Å²) in [5, 5.41) is 0. The molecule has 12 heavy (non-hydrogen) atoms. The van der Waals surface area contributed by atoms with Crippen LogP contribution in [0.1, 0.15) is 17.6 Å². The van der Waals surface area contributed by atoms with Crippen molar-refractivity contribution in [3.8, 4) is 0 Å². The molecule has 1 aromatic heterocycles. The Bertz CT molecular complexity index is 304. The maximum Gasteiger partial charge on any atom is 0.265 e. The molecular formula is C7H5BrF2IN. The Kier molecular flexibility index (Phi) is 3.39. The van der Waals surface area contributed by atoms with E-state index in [9.17, 15) is 8.78 Å². The first kappa shape index (κ1) is 10.3. The molecule has 0 atom stereocenters. The Morgan fingerprint density at radius 2 is 2.17 bits per heavy atom. The van der Waals surface area contributed by atoms with Gasteiger partial charge in [-0.25, -0.2) is 13.8 Å². The fourth-order valence-corrected chi connectivity index (χ4v) is 1.93. The molecule has 0 saturated carbocycles. The molecule has 0 aliphatic carbocycles. The zero-order valence-electron chi connectivity index (χ0n) is 6.11. The van der Waals surface area contributed by atoms with Crippen molar-refractivity contribution in [2.45, 2.75) is 13.3 Å². The van der Waals surface area contributed by atoms with E-state index in [4.69, 9.17) is 0 Å². The molecule has 0 aromatic carbocycles. The highest BCUT2D eigenvalue weighted by molar-refractivity contribution is 14.1. The van der Waals surface area contributed by atoms with Crippen molar-refractivity contribution < 1.29 is 8.78 Å². The van der Waals surface area contributed by atoms with Crippen molar-refractivity contribution in [3.63, 3.8) is 0 Å². The zero-order valence-corrected chi connectivity index (χ0v) is 9.86. The van der Waals surface area contributed by atoms with E-state index in [1.165, 1.54) is 6.20 Å². The number of hydrogen-bond acceptors (Lipinski definition) is 1. The summed E-state index contributed by atoms with van der Waals surface area (Å²) >= 11 is 4.96. The average molecular weight is 348 g/mol. The van der Waals surface area contributed by atoms with Crippen molar-refractivity contribution in [2.75, 3.05) is 0 Å². The van der Waals surface area contributed by atoms with Gasteiger partial charge in [0.15, 0.2) is 0 Å². The molecule has 0 spiro atoms. The number of halogens is 4. The largest absolute Gasteiger partial charge is 0.265 e. The Hall–Kier alpha value is 0.220. The van der Waals surface area contributed by atoms with Gasteiger partial charge in [-0.3, -0.25) is 0 Å². The molecule has 66 valence electrons. The molecule has 0 saturated heterocycles. The van der Waals surface area contributed by atoms with Gasteiger partial charge >= 0.3 is 0 Å². The lowest BCUT2D eigenvalue weighted by atomic mass is 10.2. The predicted octanol–water partition coefficient (Wildman–Crippen LogP) is 3.69. The number of nitrogens with zero attached hydrogens (tertiary/aromatic N) is 1. The molecule has 5 heteroatoms. The first-order valence-electron chi connectivity index (χ1n) is 3.12. The SMILES string of the molecule is Cc1c(Br)ncc(I)c1C(F)F. The van der Waals surface area contributed by atoms with Crippen LogP contribution in [0.15, 0.2) is 10.8 Å².